The van der Waals surface area contributed by atoms with Crippen LogP contribution in [0.25, 0.3) is 0 Å². The summed E-state index contributed by atoms with van der Waals surface area (Å²) in [4.78, 5) is 20.8. The zero-order chi connectivity index (χ0) is 13.1. The molecule has 1 saturated heterocycles. The van der Waals surface area contributed by atoms with Gasteiger partial charge in [0.1, 0.15) is 6.33 Å². The first-order chi connectivity index (χ1) is 8.63. The highest BCUT2D eigenvalue weighted by Gasteiger charge is 2.30. The molecule has 0 spiro atoms. The van der Waals surface area contributed by atoms with Crippen LogP contribution < -0.4 is 10.2 Å². The first-order valence-corrected chi connectivity index (χ1v) is 6.11. The molecule has 0 radical (unpaired) electrons. The Hall–Kier alpha value is -1.92. The van der Waals surface area contributed by atoms with Crippen LogP contribution in [0, 0.1) is 16.0 Å². The van der Waals surface area contributed by atoms with Gasteiger partial charge in [-0.05, 0) is 19.3 Å². The molecule has 7 nitrogen and oxygen atoms in total. The second-order valence-corrected chi connectivity index (χ2v) is 4.52. The van der Waals surface area contributed by atoms with Crippen LogP contribution in [0.15, 0.2) is 6.33 Å². The maximum absolute atomic E-state index is 11.2. The largest absolute Gasteiger partial charge is 0.364 e. The quantitative estimate of drug-likeness (QED) is 0.647. The van der Waals surface area contributed by atoms with Crippen molar-refractivity contribution >= 4 is 17.3 Å². The fourth-order valence-electron chi connectivity index (χ4n) is 2.19. The molecule has 1 aliphatic rings. The molecule has 2 heterocycles. The molecule has 0 aliphatic carbocycles. The van der Waals surface area contributed by atoms with Crippen molar-refractivity contribution in [3.63, 3.8) is 0 Å². The van der Waals surface area contributed by atoms with Gasteiger partial charge >= 0.3 is 5.69 Å². The molecule has 0 bridgehead atoms. The van der Waals surface area contributed by atoms with Crippen molar-refractivity contribution in [1.29, 1.82) is 0 Å². The average molecular weight is 251 g/mol. The van der Waals surface area contributed by atoms with Gasteiger partial charge in [-0.25, -0.2) is 9.97 Å². The van der Waals surface area contributed by atoms with Gasteiger partial charge < -0.3 is 10.2 Å². The zero-order valence-electron chi connectivity index (χ0n) is 10.6. The summed E-state index contributed by atoms with van der Waals surface area (Å²) in [5, 5.41) is 14.1. The summed E-state index contributed by atoms with van der Waals surface area (Å²) >= 11 is 0. The second-order valence-electron chi connectivity index (χ2n) is 4.52. The number of hydrogen-bond acceptors (Lipinski definition) is 6. The number of nitrogens with zero attached hydrogens (tertiary/aromatic N) is 4. The van der Waals surface area contributed by atoms with E-state index in [0.29, 0.717) is 24.1 Å². The van der Waals surface area contributed by atoms with Gasteiger partial charge in [-0.2, -0.15) is 0 Å². The van der Waals surface area contributed by atoms with E-state index < -0.39 is 4.92 Å². The van der Waals surface area contributed by atoms with Crippen LogP contribution in [0.4, 0.5) is 17.3 Å². The lowest BCUT2D eigenvalue weighted by atomic mass is 10.2. The van der Waals surface area contributed by atoms with E-state index in [9.17, 15) is 10.1 Å². The zero-order valence-corrected chi connectivity index (χ0v) is 10.6. The maximum atomic E-state index is 11.2. The molecule has 7 heteroatoms. The van der Waals surface area contributed by atoms with Crippen molar-refractivity contribution < 1.29 is 4.92 Å². The Morgan fingerprint density at radius 1 is 1.61 bits per heavy atom. The molecule has 1 aromatic heterocycles. The van der Waals surface area contributed by atoms with E-state index in [4.69, 9.17) is 0 Å². The van der Waals surface area contributed by atoms with E-state index in [0.717, 1.165) is 19.5 Å². The van der Waals surface area contributed by atoms with Gasteiger partial charge in [-0.15, -0.1) is 0 Å². The average Bonchev–Trinajstić information content (AvgIpc) is 2.75. The summed E-state index contributed by atoms with van der Waals surface area (Å²) in [6.07, 6.45) is 2.42. The van der Waals surface area contributed by atoms with Gasteiger partial charge in [0.25, 0.3) is 0 Å². The summed E-state index contributed by atoms with van der Waals surface area (Å²) in [5.41, 5.74) is -0.0200. The minimum Gasteiger partial charge on any atom is -0.364 e. The summed E-state index contributed by atoms with van der Waals surface area (Å²) in [6, 6.07) is 0. The van der Waals surface area contributed by atoms with Gasteiger partial charge in [0, 0.05) is 19.6 Å². The second kappa shape index (κ2) is 5.16. The molecular weight excluding hydrogens is 234 g/mol. The van der Waals surface area contributed by atoms with Crippen LogP contribution in [0.5, 0.6) is 0 Å². The first-order valence-electron chi connectivity index (χ1n) is 6.11. The molecule has 1 N–H and O–H groups in total. The molecule has 0 amide bonds. The van der Waals surface area contributed by atoms with Gasteiger partial charge in [-0.3, -0.25) is 10.1 Å². The first kappa shape index (κ1) is 12.5. The van der Waals surface area contributed by atoms with Crippen molar-refractivity contribution in [3.8, 4) is 0 Å². The van der Waals surface area contributed by atoms with Crippen molar-refractivity contribution in [2.75, 3.05) is 29.9 Å². The summed E-state index contributed by atoms with van der Waals surface area (Å²) in [5.74, 6) is 1.27. The number of nitro groups is 1. The topological polar surface area (TPSA) is 84.2 Å². The molecule has 1 atom stereocenters. The lowest BCUT2D eigenvalue weighted by molar-refractivity contribution is -0.383. The highest BCUT2D eigenvalue weighted by Crippen LogP contribution is 2.34. The van der Waals surface area contributed by atoms with Crippen LogP contribution in [-0.2, 0) is 0 Å². The van der Waals surface area contributed by atoms with E-state index in [2.05, 4.69) is 22.2 Å². The van der Waals surface area contributed by atoms with Crippen molar-refractivity contribution in [1.82, 2.24) is 9.97 Å². The monoisotopic (exact) mass is 251 g/mol. The third kappa shape index (κ3) is 2.34. The Morgan fingerprint density at radius 2 is 2.39 bits per heavy atom. The fraction of sp³-hybridized carbons (Fsp3) is 0.636. The molecule has 1 fully saturated rings. The number of hydrogen-bond donors (Lipinski definition) is 1. The molecule has 0 aromatic carbocycles. The van der Waals surface area contributed by atoms with E-state index in [1.165, 1.54) is 6.33 Å². The predicted molar refractivity (Wildman–Crippen MR) is 68.8 cm³/mol. The third-order valence-corrected chi connectivity index (χ3v) is 3.05. The highest BCUT2D eigenvalue weighted by molar-refractivity contribution is 5.70. The van der Waals surface area contributed by atoms with Crippen LogP contribution in [0.2, 0.25) is 0 Å². The lowest BCUT2D eigenvalue weighted by Gasteiger charge is -2.17. The summed E-state index contributed by atoms with van der Waals surface area (Å²) in [7, 11) is 0. The molecule has 18 heavy (non-hydrogen) atoms. The van der Waals surface area contributed by atoms with E-state index in [1.807, 2.05) is 11.8 Å². The Kier molecular flexibility index (Phi) is 3.59. The molecule has 0 saturated carbocycles. The van der Waals surface area contributed by atoms with Crippen LogP contribution >= 0.6 is 0 Å². The lowest BCUT2D eigenvalue weighted by Crippen LogP contribution is -2.22. The Bertz CT molecular complexity index is 451. The molecule has 1 aliphatic heterocycles. The number of aromatic nitrogens is 2. The van der Waals surface area contributed by atoms with Gasteiger partial charge in [0.2, 0.25) is 11.6 Å². The number of rotatable bonds is 4. The van der Waals surface area contributed by atoms with Crippen LogP contribution in [-0.4, -0.2) is 34.5 Å². The smallest absolute Gasteiger partial charge is 0.353 e. The van der Waals surface area contributed by atoms with Crippen molar-refractivity contribution in [2.45, 2.75) is 20.3 Å². The number of anilines is 2. The predicted octanol–water partition coefficient (Wildman–Crippen LogP) is 1.66. The molecular formula is C11H17N5O2. The summed E-state index contributed by atoms with van der Waals surface area (Å²) in [6.45, 7) is 6.23. The fourth-order valence-corrected chi connectivity index (χ4v) is 2.19. The highest BCUT2D eigenvalue weighted by atomic mass is 16.6. The van der Waals surface area contributed by atoms with Gasteiger partial charge in [0.15, 0.2) is 0 Å². The number of nitrogens with one attached hydrogen (secondary N) is 1. The minimum absolute atomic E-state index is 0.0200. The van der Waals surface area contributed by atoms with E-state index in [1.54, 1.807) is 0 Å². The molecule has 1 aromatic rings. The Balaban J connectivity index is 2.39. The van der Waals surface area contributed by atoms with Gasteiger partial charge in [0.05, 0.1) is 4.92 Å². The molecule has 98 valence electrons. The van der Waals surface area contributed by atoms with E-state index in [-0.39, 0.29) is 5.69 Å². The van der Waals surface area contributed by atoms with Crippen molar-refractivity contribution in [2.24, 2.45) is 5.92 Å². The third-order valence-electron chi connectivity index (χ3n) is 3.05. The SMILES string of the molecule is CCNc1ncnc(N2CCC(C)C2)c1[N+](=O)[O-]. The van der Waals surface area contributed by atoms with E-state index >= 15 is 0 Å². The van der Waals surface area contributed by atoms with Gasteiger partial charge in [-0.1, -0.05) is 6.92 Å². The molecule has 1 unspecified atom stereocenters. The van der Waals surface area contributed by atoms with Crippen LogP contribution in [0.1, 0.15) is 20.3 Å². The summed E-state index contributed by atoms with van der Waals surface area (Å²) < 4.78 is 0. The normalized spacial score (nSPS) is 19.0. The minimum atomic E-state index is -0.406. The Morgan fingerprint density at radius 3 is 2.94 bits per heavy atom. The standard InChI is InChI=1S/C11H17N5O2/c1-3-12-10-9(16(17)18)11(14-7-13-10)15-5-4-8(2)6-15/h7-8H,3-6H2,1-2H3,(H,12,13,14). The Labute approximate surface area is 105 Å². The van der Waals surface area contributed by atoms with Crippen LogP contribution in [0.3, 0.4) is 0 Å². The molecule has 2 rings (SSSR count). The maximum Gasteiger partial charge on any atom is 0.353 e. The van der Waals surface area contributed by atoms with Crippen molar-refractivity contribution in [3.05, 3.63) is 16.4 Å².